The molecule has 0 unspecified atom stereocenters. The summed E-state index contributed by atoms with van der Waals surface area (Å²) in [6.07, 6.45) is 0. The van der Waals surface area contributed by atoms with Crippen LogP contribution >= 0.6 is 0 Å². The number of aromatic carboxylic acids is 1. The van der Waals surface area contributed by atoms with Crippen molar-refractivity contribution in [2.45, 2.75) is 6.61 Å². The number of halogens is 2. The van der Waals surface area contributed by atoms with E-state index in [1.165, 1.54) is 31.0 Å². The Bertz CT molecular complexity index is 668. The quantitative estimate of drug-likeness (QED) is 0.933. The van der Waals surface area contributed by atoms with Crippen LogP contribution in [0.4, 0.5) is 8.78 Å². The van der Waals surface area contributed by atoms with E-state index in [4.69, 9.17) is 9.84 Å². The molecule has 2 aromatic rings. The lowest BCUT2D eigenvalue weighted by molar-refractivity contribution is 0.0689. The van der Waals surface area contributed by atoms with Crippen LogP contribution in [0.3, 0.4) is 0 Å². The second-order valence-corrected chi connectivity index (χ2v) is 4.22. The first kappa shape index (κ1) is 14.1. The Morgan fingerprint density at radius 2 is 2.10 bits per heavy atom. The van der Waals surface area contributed by atoms with Crippen molar-refractivity contribution in [2.24, 2.45) is 7.05 Å². The highest BCUT2D eigenvalue weighted by Crippen LogP contribution is 2.27. The highest BCUT2D eigenvalue weighted by molar-refractivity contribution is 5.87. The van der Waals surface area contributed by atoms with Gasteiger partial charge in [-0.1, -0.05) is 0 Å². The normalized spacial score (nSPS) is 10.8. The molecule has 0 fully saturated rings. The molecule has 0 aliphatic heterocycles. The summed E-state index contributed by atoms with van der Waals surface area (Å²) < 4.78 is 33.5. The topological polar surface area (TPSA) is 64.3 Å². The van der Waals surface area contributed by atoms with Crippen molar-refractivity contribution in [3.63, 3.8) is 0 Å². The molecule has 0 aliphatic carbocycles. The number of methoxy groups -OCH3 is 1. The van der Waals surface area contributed by atoms with Crippen molar-refractivity contribution < 1.29 is 23.4 Å². The van der Waals surface area contributed by atoms with E-state index in [-0.39, 0.29) is 23.6 Å². The third-order valence-corrected chi connectivity index (χ3v) is 2.77. The van der Waals surface area contributed by atoms with Gasteiger partial charge < -0.3 is 9.84 Å². The van der Waals surface area contributed by atoms with Crippen LogP contribution in [0.5, 0.6) is 0 Å². The van der Waals surface area contributed by atoms with Crippen LogP contribution in [0.15, 0.2) is 18.2 Å². The van der Waals surface area contributed by atoms with Gasteiger partial charge in [-0.2, -0.15) is 5.10 Å². The summed E-state index contributed by atoms with van der Waals surface area (Å²) in [6, 6.07) is 3.64. The fourth-order valence-electron chi connectivity index (χ4n) is 1.91. The summed E-state index contributed by atoms with van der Waals surface area (Å²) in [5.41, 5.74) is 0.329. The Morgan fingerprint density at radius 3 is 2.65 bits per heavy atom. The lowest BCUT2D eigenvalue weighted by Crippen LogP contribution is -2.01. The van der Waals surface area contributed by atoms with E-state index in [1.54, 1.807) is 0 Å². The molecule has 0 amide bonds. The van der Waals surface area contributed by atoms with Gasteiger partial charge in [0.1, 0.15) is 0 Å². The van der Waals surface area contributed by atoms with Gasteiger partial charge in [0.25, 0.3) is 0 Å². The second kappa shape index (κ2) is 5.38. The molecule has 106 valence electrons. The fraction of sp³-hybridized carbons (Fsp3) is 0.231. The molecule has 1 aromatic heterocycles. The average molecular weight is 282 g/mol. The fourth-order valence-corrected chi connectivity index (χ4v) is 1.91. The molecule has 2 rings (SSSR count). The molecule has 0 bridgehead atoms. The number of ether oxygens (including phenoxy) is 1. The van der Waals surface area contributed by atoms with Gasteiger partial charge in [0.2, 0.25) is 0 Å². The van der Waals surface area contributed by atoms with Crippen LogP contribution < -0.4 is 0 Å². The van der Waals surface area contributed by atoms with Gasteiger partial charge in [-0.05, 0) is 23.8 Å². The Labute approximate surface area is 113 Å². The molecule has 0 saturated heterocycles. The van der Waals surface area contributed by atoms with Crippen LogP contribution in [-0.2, 0) is 18.4 Å². The minimum Gasteiger partial charge on any atom is -0.476 e. The maximum Gasteiger partial charge on any atom is 0.356 e. The number of nitrogens with zero attached hydrogens (tertiary/aromatic N) is 2. The van der Waals surface area contributed by atoms with Crippen molar-refractivity contribution in [2.75, 3.05) is 7.11 Å². The maximum atomic E-state index is 13.9. The summed E-state index contributed by atoms with van der Waals surface area (Å²) in [7, 11) is 2.90. The molecule has 7 heteroatoms. The molecular weight excluding hydrogens is 270 g/mol. The smallest absolute Gasteiger partial charge is 0.356 e. The van der Waals surface area contributed by atoms with Gasteiger partial charge in [-0.3, -0.25) is 4.68 Å². The van der Waals surface area contributed by atoms with E-state index in [1.807, 2.05) is 0 Å². The van der Waals surface area contributed by atoms with Gasteiger partial charge in [-0.15, -0.1) is 0 Å². The number of aromatic nitrogens is 2. The summed E-state index contributed by atoms with van der Waals surface area (Å²) in [5, 5.41) is 12.6. The van der Waals surface area contributed by atoms with Crippen molar-refractivity contribution in [3.05, 3.63) is 41.1 Å². The van der Waals surface area contributed by atoms with E-state index < -0.39 is 17.6 Å². The lowest BCUT2D eigenvalue weighted by atomic mass is 10.1. The number of hydrogen-bond donors (Lipinski definition) is 1. The zero-order chi connectivity index (χ0) is 14.9. The van der Waals surface area contributed by atoms with Crippen LogP contribution in [0.25, 0.3) is 11.3 Å². The lowest BCUT2D eigenvalue weighted by Gasteiger charge is -2.08. The average Bonchev–Trinajstić information content (AvgIpc) is 2.76. The number of hydrogen-bond acceptors (Lipinski definition) is 3. The number of carboxylic acid groups (broad SMARTS) is 1. The van der Waals surface area contributed by atoms with E-state index in [0.717, 1.165) is 6.07 Å². The minimum atomic E-state index is -1.24. The Balaban J connectivity index is 2.59. The maximum absolute atomic E-state index is 13.9. The van der Waals surface area contributed by atoms with Crippen molar-refractivity contribution in [3.8, 4) is 11.3 Å². The van der Waals surface area contributed by atoms with Gasteiger partial charge in [0, 0.05) is 19.7 Å². The molecule has 1 N–H and O–H groups in total. The van der Waals surface area contributed by atoms with E-state index >= 15 is 0 Å². The second-order valence-electron chi connectivity index (χ2n) is 4.22. The number of carbonyl (C=O) groups is 1. The molecule has 20 heavy (non-hydrogen) atoms. The Kier molecular flexibility index (Phi) is 3.80. The van der Waals surface area contributed by atoms with Crippen molar-refractivity contribution in [1.29, 1.82) is 0 Å². The molecule has 0 spiro atoms. The molecule has 1 heterocycles. The van der Waals surface area contributed by atoms with Crippen molar-refractivity contribution in [1.82, 2.24) is 9.78 Å². The third kappa shape index (κ3) is 2.53. The first-order valence-corrected chi connectivity index (χ1v) is 5.68. The van der Waals surface area contributed by atoms with Crippen molar-refractivity contribution >= 4 is 5.97 Å². The van der Waals surface area contributed by atoms with Gasteiger partial charge in [0.15, 0.2) is 17.3 Å². The first-order chi connectivity index (χ1) is 9.43. The van der Waals surface area contributed by atoms with E-state index in [0.29, 0.717) is 5.56 Å². The zero-order valence-corrected chi connectivity index (χ0v) is 10.9. The number of aryl methyl sites for hydroxylation is 1. The SMILES string of the molecule is COCc1cc(F)c(F)c(-c2cc(C(=O)O)nn2C)c1. The molecule has 1 aromatic carbocycles. The highest BCUT2D eigenvalue weighted by atomic mass is 19.2. The molecular formula is C13H12F2N2O3. The van der Waals surface area contributed by atoms with E-state index in [2.05, 4.69) is 5.10 Å². The monoisotopic (exact) mass is 282 g/mol. The third-order valence-electron chi connectivity index (χ3n) is 2.77. The van der Waals surface area contributed by atoms with Crippen LogP contribution in [-0.4, -0.2) is 28.0 Å². The Morgan fingerprint density at radius 1 is 1.40 bits per heavy atom. The Hall–Kier alpha value is -2.28. The van der Waals surface area contributed by atoms with Gasteiger partial charge in [-0.25, -0.2) is 13.6 Å². The minimum absolute atomic E-state index is 0.0560. The number of benzene rings is 1. The van der Waals surface area contributed by atoms with Gasteiger partial charge >= 0.3 is 5.97 Å². The summed E-state index contributed by atoms with van der Waals surface area (Å²) in [5.74, 6) is -3.31. The van der Waals surface area contributed by atoms with Crippen LogP contribution in [0.1, 0.15) is 16.1 Å². The van der Waals surface area contributed by atoms with Crippen LogP contribution in [0, 0.1) is 11.6 Å². The first-order valence-electron chi connectivity index (χ1n) is 5.68. The standard InChI is InChI=1S/C13H12F2N2O3/c1-17-11(5-10(16-17)13(18)19)8-3-7(6-20-2)4-9(14)12(8)15/h3-5H,6H2,1-2H3,(H,18,19). The molecule has 0 aliphatic rings. The predicted molar refractivity (Wildman–Crippen MR) is 66.2 cm³/mol. The van der Waals surface area contributed by atoms with Gasteiger partial charge in [0.05, 0.1) is 12.3 Å². The number of rotatable bonds is 4. The molecule has 0 saturated carbocycles. The number of carboxylic acids is 1. The predicted octanol–water partition coefficient (Wildman–Crippen LogP) is 2.21. The molecule has 0 radical (unpaired) electrons. The molecule has 0 atom stereocenters. The van der Waals surface area contributed by atoms with Crippen LogP contribution in [0.2, 0.25) is 0 Å². The molecule has 5 nitrogen and oxygen atoms in total. The zero-order valence-electron chi connectivity index (χ0n) is 10.9. The largest absolute Gasteiger partial charge is 0.476 e. The summed E-state index contributed by atoms with van der Waals surface area (Å²) >= 11 is 0. The highest BCUT2D eigenvalue weighted by Gasteiger charge is 2.18. The van der Waals surface area contributed by atoms with E-state index in [9.17, 15) is 13.6 Å². The summed E-state index contributed by atoms with van der Waals surface area (Å²) in [6.45, 7) is 0.119. The summed E-state index contributed by atoms with van der Waals surface area (Å²) in [4.78, 5) is 10.9.